The first-order valence-electron chi connectivity index (χ1n) is 5.67. The molecule has 2 N–H and O–H groups in total. The van der Waals surface area contributed by atoms with E-state index in [1.54, 1.807) is 11.3 Å². The third-order valence-electron chi connectivity index (χ3n) is 2.97. The van der Waals surface area contributed by atoms with Crippen molar-refractivity contribution in [2.45, 2.75) is 25.5 Å². The lowest BCUT2D eigenvalue weighted by Gasteiger charge is -2.29. The minimum absolute atomic E-state index is 0.00130. The zero-order valence-electron chi connectivity index (χ0n) is 9.59. The molecular formula is C13H14N2OS. The van der Waals surface area contributed by atoms with Crippen LogP contribution in [0.1, 0.15) is 34.8 Å². The highest BCUT2D eigenvalue weighted by molar-refractivity contribution is 7.09. The third-order valence-corrected chi connectivity index (χ3v) is 4.02. The smallest absolute Gasteiger partial charge is 0.152 e. The van der Waals surface area contributed by atoms with Gasteiger partial charge in [-0.25, -0.2) is 4.98 Å². The van der Waals surface area contributed by atoms with Gasteiger partial charge in [0.2, 0.25) is 0 Å². The predicted molar refractivity (Wildman–Crippen MR) is 68.2 cm³/mol. The Labute approximate surface area is 104 Å². The molecular weight excluding hydrogens is 232 g/mol. The molecule has 0 spiro atoms. The molecule has 2 atom stereocenters. The van der Waals surface area contributed by atoms with Gasteiger partial charge in [-0.15, -0.1) is 11.3 Å². The summed E-state index contributed by atoms with van der Waals surface area (Å²) in [6.45, 7) is 2.00. The van der Waals surface area contributed by atoms with Gasteiger partial charge in [0, 0.05) is 29.1 Å². The fourth-order valence-corrected chi connectivity index (χ4v) is 2.96. The van der Waals surface area contributed by atoms with Crippen LogP contribution in [0.3, 0.4) is 0 Å². The van der Waals surface area contributed by atoms with Gasteiger partial charge < -0.3 is 10.5 Å². The van der Waals surface area contributed by atoms with Crippen molar-refractivity contribution in [1.82, 2.24) is 4.98 Å². The minimum Gasteiger partial charge on any atom is -0.483 e. The summed E-state index contributed by atoms with van der Waals surface area (Å²) in [6, 6.07) is 8.01. The van der Waals surface area contributed by atoms with Gasteiger partial charge in [0.15, 0.2) is 6.10 Å². The molecule has 0 bridgehead atoms. The van der Waals surface area contributed by atoms with Crippen molar-refractivity contribution in [1.29, 1.82) is 0 Å². The van der Waals surface area contributed by atoms with Crippen molar-refractivity contribution in [3.63, 3.8) is 0 Å². The number of thiazole rings is 1. The number of para-hydroxylation sites is 1. The molecule has 0 saturated heterocycles. The Balaban J connectivity index is 1.93. The van der Waals surface area contributed by atoms with Gasteiger partial charge >= 0.3 is 0 Å². The van der Waals surface area contributed by atoms with Crippen molar-refractivity contribution >= 4 is 11.3 Å². The van der Waals surface area contributed by atoms with E-state index in [9.17, 15) is 0 Å². The molecule has 0 amide bonds. The molecule has 0 saturated carbocycles. The minimum atomic E-state index is -0.00130. The molecule has 0 radical (unpaired) electrons. The fraction of sp³-hybridized carbons (Fsp3) is 0.308. The molecule has 0 fully saturated rings. The molecule has 0 aliphatic carbocycles. The molecule has 1 aromatic heterocycles. The summed E-state index contributed by atoms with van der Waals surface area (Å²) in [7, 11) is 0. The van der Waals surface area contributed by atoms with Crippen LogP contribution in [0, 0.1) is 6.92 Å². The second-order valence-electron chi connectivity index (χ2n) is 4.31. The summed E-state index contributed by atoms with van der Waals surface area (Å²) in [5.74, 6) is 0.893. The molecule has 17 heavy (non-hydrogen) atoms. The van der Waals surface area contributed by atoms with Gasteiger partial charge in [0.1, 0.15) is 10.8 Å². The van der Waals surface area contributed by atoms with Crippen LogP contribution >= 0.6 is 11.3 Å². The van der Waals surface area contributed by atoms with Crippen LogP contribution in [0.25, 0.3) is 0 Å². The zero-order valence-corrected chi connectivity index (χ0v) is 10.4. The number of fused-ring (bicyclic) bond motifs is 1. The quantitative estimate of drug-likeness (QED) is 0.841. The zero-order chi connectivity index (χ0) is 11.8. The Morgan fingerprint density at radius 2 is 2.24 bits per heavy atom. The number of hydrogen-bond acceptors (Lipinski definition) is 4. The lowest BCUT2D eigenvalue weighted by molar-refractivity contribution is 0.161. The Bertz CT molecular complexity index is 538. The summed E-state index contributed by atoms with van der Waals surface area (Å²) in [4.78, 5) is 4.48. The van der Waals surface area contributed by atoms with Gasteiger partial charge in [-0.3, -0.25) is 0 Å². The molecule has 1 aliphatic rings. The maximum atomic E-state index is 6.18. The van der Waals surface area contributed by atoms with Gasteiger partial charge in [0.25, 0.3) is 0 Å². The van der Waals surface area contributed by atoms with Crippen LogP contribution in [0.15, 0.2) is 29.6 Å². The van der Waals surface area contributed by atoms with Crippen molar-refractivity contribution in [3.8, 4) is 5.75 Å². The Hall–Kier alpha value is -1.39. The number of benzene rings is 1. The molecule has 1 aliphatic heterocycles. The fourth-order valence-electron chi connectivity index (χ4n) is 2.12. The van der Waals surface area contributed by atoms with Gasteiger partial charge in [-0.2, -0.15) is 0 Å². The number of rotatable bonds is 1. The first kappa shape index (κ1) is 10.7. The van der Waals surface area contributed by atoms with Crippen molar-refractivity contribution in [2.75, 3.05) is 0 Å². The van der Waals surface area contributed by atoms with Crippen LogP contribution in [-0.2, 0) is 0 Å². The van der Waals surface area contributed by atoms with E-state index in [4.69, 9.17) is 10.5 Å². The third kappa shape index (κ3) is 1.94. The number of ether oxygens (including phenoxy) is 1. The van der Waals surface area contributed by atoms with E-state index in [2.05, 4.69) is 4.98 Å². The standard InChI is InChI=1S/C13H14N2OS/c1-8-7-17-13(15-8)12-6-10(14)9-4-2-3-5-11(9)16-12/h2-5,7,10,12H,6,14H2,1H3/t10-,12?/m1/s1. The van der Waals surface area contributed by atoms with E-state index in [1.165, 1.54) is 0 Å². The molecule has 88 valence electrons. The number of aryl methyl sites for hydroxylation is 1. The molecule has 4 heteroatoms. The summed E-state index contributed by atoms with van der Waals surface area (Å²) < 4.78 is 5.97. The number of hydrogen-bond donors (Lipinski definition) is 1. The molecule has 2 heterocycles. The van der Waals surface area contributed by atoms with Gasteiger partial charge in [-0.05, 0) is 13.0 Å². The molecule has 3 rings (SSSR count). The molecule has 2 aromatic rings. The lowest BCUT2D eigenvalue weighted by atomic mass is 9.97. The topological polar surface area (TPSA) is 48.1 Å². The largest absolute Gasteiger partial charge is 0.483 e. The van der Waals surface area contributed by atoms with Gasteiger partial charge in [0.05, 0.1) is 0 Å². The average molecular weight is 246 g/mol. The predicted octanol–water partition coefficient (Wildman–Crippen LogP) is 2.98. The highest BCUT2D eigenvalue weighted by atomic mass is 32.1. The normalized spacial score (nSPS) is 22.9. The maximum absolute atomic E-state index is 6.18. The van der Waals surface area contributed by atoms with E-state index in [0.717, 1.165) is 28.4 Å². The highest BCUT2D eigenvalue weighted by Gasteiger charge is 2.28. The lowest BCUT2D eigenvalue weighted by Crippen LogP contribution is -2.23. The average Bonchev–Trinajstić information content (AvgIpc) is 2.76. The Morgan fingerprint density at radius 3 is 3.00 bits per heavy atom. The summed E-state index contributed by atoms with van der Waals surface area (Å²) in [5.41, 5.74) is 8.31. The SMILES string of the molecule is Cc1csc(C2C[C@@H](N)c3ccccc3O2)n1. The number of aromatic nitrogens is 1. The van der Waals surface area contributed by atoms with Crippen LogP contribution in [0.2, 0.25) is 0 Å². The van der Waals surface area contributed by atoms with Crippen molar-refractivity contribution in [3.05, 3.63) is 45.9 Å². The van der Waals surface area contributed by atoms with Crippen molar-refractivity contribution in [2.24, 2.45) is 5.73 Å². The number of nitrogens with two attached hydrogens (primary N) is 1. The highest BCUT2D eigenvalue weighted by Crippen LogP contribution is 2.39. The summed E-state index contributed by atoms with van der Waals surface area (Å²) >= 11 is 1.64. The van der Waals surface area contributed by atoms with E-state index >= 15 is 0 Å². The summed E-state index contributed by atoms with van der Waals surface area (Å²) in [6.07, 6.45) is 0.794. The first-order valence-corrected chi connectivity index (χ1v) is 6.55. The Kier molecular flexibility index (Phi) is 2.61. The molecule has 1 aromatic carbocycles. The molecule has 3 nitrogen and oxygen atoms in total. The van der Waals surface area contributed by atoms with Crippen LogP contribution in [-0.4, -0.2) is 4.98 Å². The van der Waals surface area contributed by atoms with Crippen LogP contribution in [0.4, 0.5) is 0 Å². The monoisotopic (exact) mass is 246 g/mol. The van der Waals surface area contributed by atoms with E-state index in [-0.39, 0.29) is 12.1 Å². The van der Waals surface area contributed by atoms with Crippen LogP contribution < -0.4 is 10.5 Å². The van der Waals surface area contributed by atoms with Crippen LogP contribution in [0.5, 0.6) is 5.75 Å². The number of nitrogens with zero attached hydrogens (tertiary/aromatic N) is 1. The maximum Gasteiger partial charge on any atom is 0.152 e. The van der Waals surface area contributed by atoms with E-state index in [1.807, 2.05) is 36.6 Å². The van der Waals surface area contributed by atoms with Gasteiger partial charge in [-0.1, -0.05) is 18.2 Å². The first-order chi connectivity index (χ1) is 8.24. The summed E-state index contributed by atoms with van der Waals surface area (Å²) in [5, 5.41) is 3.07. The van der Waals surface area contributed by atoms with E-state index < -0.39 is 0 Å². The molecule has 1 unspecified atom stereocenters. The second kappa shape index (κ2) is 4.13. The Morgan fingerprint density at radius 1 is 1.41 bits per heavy atom. The van der Waals surface area contributed by atoms with E-state index in [0.29, 0.717) is 0 Å². The second-order valence-corrected chi connectivity index (χ2v) is 5.20. The van der Waals surface area contributed by atoms with Crippen molar-refractivity contribution < 1.29 is 4.74 Å².